The molecule has 0 fully saturated rings. The summed E-state index contributed by atoms with van der Waals surface area (Å²) in [6.45, 7) is 6.29. The van der Waals surface area contributed by atoms with Gasteiger partial charge in [-0.2, -0.15) is 0 Å². The molecule has 0 amide bonds. The number of nitrogens with zero attached hydrogens (tertiary/aromatic N) is 3. The van der Waals surface area contributed by atoms with Gasteiger partial charge in [-0.25, -0.2) is 9.79 Å². The molecule has 7 rings (SSSR count). The van der Waals surface area contributed by atoms with E-state index in [9.17, 15) is 9.59 Å². The van der Waals surface area contributed by atoms with Crippen LogP contribution in [0.3, 0.4) is 0 Å². The second-order valence-corrected chi connectivity index (χ2v) is 13.7. The summed E-state index contributed by atoms with van der Waals surface area (Å²) in [6, 6.07) is 31.8. The zero-order valence-electron chi connectivity index (χ0n) is 26.1. The summed E-state index contributed by atoms with van der Waals surface area (Å²) in [5, 5.41) is 0. The van der Waals surface area contributed by atoms with E-state index in [0.717, 1.165) is 27.3 Å². The molecule has 0 saturated heterocycles. The fourth-order valence-electron chi connectivity index (χ4n) is 6.02. The van der Waals surface area contributed by atoms with Crippen molar-refractivity contribution in [2.24, 2.45) is 4.99 Å². The molecule has 6 nitrogen and oxygen atoms in total. The van der Waals surface area contributed by atoms with Crippen LogP contribution in [0.1, 0.15) is 55.0 Å². The highest BCUT2D eigenvalue weighted by Crippen LogP contribution is 2.47. The SMILES string of the molecule is CCOC(=O)C1=C(c2ccccc2)N=c2s/c(=C/c3ccc4c(c3)Sc3ccccc3N4C)c(=O)n2[C@H]1c1ccc(C(C)C)cc1. The Morgan fingerprint density at radius 1 is 0.935 bits per heavy atom. The first kappa shape index (κ1) is 30.0. The molecule has 2 aliphatic rings. The summed E-state index contributed by atoms with van der Waals surface area (Å²) < 4.78 is 7.82. The Labute approximate surface area is 276 Å². The van der Waals surface area contributed by atoms with Crippen molar-refractivity contribution in [1.82, 2.24) is 4.57 Å². The maximum absolute atomic E-state index is 14.3. The van der Waals surface area contributed by atoms with E-state index in [0.29, 0.717) is 26.5 Å². The summed E-state index contributed by atoms with van der Waals surface area (Å²) >= 11 is 3.07. The number of esters is 1. The monoisotopic (exact) mass is 643 g/mol. The number of hydrogen-bond donors (Lipinski definition) is 0. The van der Waals surface area contributed by atoms with Gasteiger partial charge >= 0.3 is 5.97 Å². The van der Waals surface area contributed by atoms with Crippen molar-refractivity contribution in [3.63, 3.8) is 0 Å². The molecule has 5 aromatic rings. The Morgan fingerprint density at radius 3 is 2.39 bits per heavy atom. The fraction of sp³-hybridized carbons (Fsp3) is 0.184. The number of carbonyl (C=O) groups is 1. The van der Waals surface area contributed by atoms with Crippen molar-refractivity contribution in [3.8, 4) is 0 Å². The van der Waals surface area contributed by atoms with Crippen LogP contribution in [0, 0.1) is 0 Å². The van der Waals surface area contributed by atoms with Crippen molar-refractivity contribution in [2.45, 2.75) is 42.5 Å². The summed E-state index contributed by atoms with van der Waals surface area (Å²) in [5.74, 6) is -0.132. The third-order valence-electron chi connectivity index (χ3n) is 8.38. The molecule has 46 heavy (non-hydrogen) atoms. The van der Waals surface area contributed by atoms with E-state index in [1.165, 1.54) is 27.5 Å². The van der Waals surface area contributed by atoms with Crippen LogP contribution in [0.2, 0.25) is 0 Å². The Morgan fingerprint density at radius 2 is 1.65 bits per heavy atom. The minimum atomic E-state index is -0.696. The number of fused-ring (bicyclic) bond motifs is 3. The number of ether oxygens (including phenoxy) is 1. The number of carbonyl (C=O) groups excluding carboxylic acids is 1. The first-order valence-electron chi connectivity index (χ1n) is 15.4. The zero-order chi connectivity index (χ0) is 31.9. The number of thiazole rings is 1. The Balaban J connectivity index is 1.41. The topological polar surface area (TPSA) is 63.9 Å². The molecule has 3 heterocycles. The zero-order valence-corrected chi connectivity index (χ0v) is 27.7. The lowest BCUT2D eigenvalue weighted by molar-refractivity contribution is -0.138. The average Bonchev–Trinajstić information content (AvgIpc) is 3.38. The molecule has 8 heteroatoms. The van der Waals surface area contributed by atoms with E-state index in [-0.39, 0.29) is 12.2 Å². The van der Waals surface area contributed by atoms with Gasteiger partial charge in [0.05, 0.1) is 39.8 Å². The first-order valence-corrected chi connectivity index (χ1v) is 17.0. The Bertz CT molecular complexity index is 2180. The third-order valence-corrected chi connectivity index (χ3v) is 10.5. The lowest BCUT2D eigenvalue weighted by Crippen LogP contribution is -2.40. The van der Waals surface area contributed by atoms with Crippen LogP contribution in [-0.4, -0.2) is 24.2 Å². The summed E-state index contributed by atoms with van der Waals surface area (Å²) in [7, 11) is 2.08. The van der Waals surface area contributed by atoms with E-state index in [1.54, 1.807) is 23.3 Å². The molecule has 0 N–H and O–H groups in total. The number of hydrogen-bond acceptors (Lipinski definition) is 7. The first-order chi connectivity index (χ1) is 22.3. The van der Waals surface area contributed by atoms with Crippen molar-refractivity contribution < 1.29 is 9.53 Å². The Kier molecular flexibility index (Phi) is 8.01. The van der Waals surface area contributed by atoms with Gasteiger partial charge in [-0.15, -0.1) is 0 Å². The molecule has 230 valence electrons. The van der Waals surface area contributed by atoms with Gasteiger partial charge in [-0.05, 0) is 59.9 Å². The number of para-hydroxylation sites is 1. The highest BCUT2D eigenvalue weighted by molar-refractivity contribution is 7.99. The van der Waals surface area contributed by atoms with Crippen LogP contribution >= 0.6 is 23.1 Å². The molecule has 0 spiro atoms. The average molecular weight is 644 g/mol. The van der Waals surface area contributed by atoms with Crippen LogP contribution in [0.5, 0.6) is 0 Å². The number of anilines is 2. The van der Waals surface area contributed by atoms with Crippen LogP contribution in [0.4, 0.5) is 11.4 Å². The fourth-order valence-corrected chi connectivity index (χ4v) is 8.22. The summed E-state index contributed by atoms with van der Waals surface area (Å²) in [4.78, 5) is 38.1. The van der Waals surface area contributed by atoms with Crippen LogP contribution in [0.15, 0.2) is 122 Å². The quantitative estimate of drug-likeness (QED) is 0.182. The van der Waals surface area contributed by atoms with Gasteiger partial charge in [0.1, 0.15) is 0 Å². The molecule has 1 aromatic heterocycles. The van der Waals surface area contributed by atoms with Crippen molar-refractivity contribution in [1.29, 1.82) is 0 Å². The van der Waals surface area contributed by atoms with E-state index in [2.05, 4.69) is 74.3 Å². The van der Waals surface area contributed by atoms with Crippen molar-refractivity contribution in [2.75, 3.05) is 18.6 Å². The summed E-state index contributed by atoms with van der Waals surface area (Å²) in [5.41, 5.74) is 6.72. The van der Waals surface area contributed by atoms with Gasteiger partial charge in [-0.3, -0.25) is 9.36 Å². The maximum Gasteiger partial charge on any atom is 0.338 e. The molecule has 4 aromatic carbocycles. The second kappa shape index (κ2) is 12.3. The lowest BCUT2D eigenvalue weighted by atomic mass is 9.91. The normalized spacial score (nSPS) is 15.7. The lowest BCUT2D eigenvalue weighted by Gasteiger charge is -2.29. The predicted molar refractivity (Wildman–Crippen MR) is 187 cm³/mol. The predicted octanol–water partition coefficient (Wildman–Crippen LogP) is 7.29. The largest absolute Gasteiger partial charge is 0.463 e. The third kappa shape index (κ3) is 5.31. The number of aromatic nitrogens is 1. The molecule has 2 aliphatic heterocycles. The van der Waals surface area contributed by atoms with Crippen molar-refractivity contribution in [3.05, 3.63) is 145 Å². The molecule has 0 radical (unpaired) electrons. The number of benzene rings is 4. The minimum Gasteiger partial charge on any atom is -0.463 e. The van der Waals surface area contributed by atoms with Gasteiger partial charge in [0.15, 0.2) is 4.80 Å². The van der Waals surface area contributed by atoms with E-state index >= 15 is 0 Å². The van der Waals surface area contributed by atoms with Crippen LogP contribution < -0.4 is 19.8 Å². The van der Waals surface area contributed by atoms with Crippen molar-refractivity contribution >= 4 is 52.2 Å². The van der Waals surface area contributed by atoms with E-state index < -0.39 is 12.0 Å². The highest BCUT2D eigenvalue weighted by Gasteiger charge is 2.35. The number of rotatable bonds is 6. The second-order valence-electron chi connectivity index (χ2n) is 11.6. The minimum absolute atomic E-state index is 0.191. The Hall–Kier alpha value is -4.66. The molecule has 1 atom stereocenters. The van der Waals surface area contributed by atoms with Gasteiger partial charge in [-0.1, -0.05) is 110 Å². The van der Waals surface area contributed by atoms with E-state index in [1.807, 2.05) is 54.6 Å². The molecular weight excluding hydrogens is 611 g/mol. The maximum atomic E-state index is 14.3. The molecule has 0 bridgehead atoms. The highest BCUT2D eigenvalue weighted by atomic mass is 32.2. The molecule has 0 saturated carbocycles. The standard InChI is InChI=1S/C38H33N3O3S2/c1-5-44-37(43)33-34(26-11-7-6-8-12-26)39-38-41(35(33)27-18-16-25(17-19-27)23(2)3)36(42)32(46-38)22-24-15-20-29-31(21-24)45-30-14-10-9-13-28(30)40(29)4/h6-23,35H,5H2,1-4H3/b32-22+/t35-/m0/s1. The van der Waals surface area contributed by atoms with Gasteiger partial charge in [0.2, 0.25) is 0 Å². The van der Waals surface area contributed by atoms with Crippen LogP contribution in [-0.2, 0) is 9.53 Å². The molecule has 0 aliphatic carbocycles. The van der Waals surface area contributed by atoms with Gasteiger partial charge in [0.25, 0.3) is 5.56 Å². The summed E-state index contributed by atoms with van der Waals surface area (Å²) in [6.07, 6.45) is 1.93. The van der Waals surface area contributed by atoms with Gasteiger partial charge in [0, 0.05) is 22.4 Å². The smallest absolute Gasteiger partial charge is 0.338 e. The molecular formula is C38H33N3O3S2. The van der Waals surface area contributed by atoms with Gasteiger partial charge < -0.3 is 9.64 Å². The molecule has 0 unspecified atom stereocenters. The van der Waals surface area contributed by atoms with Crippen LogP contribution in [0.25, 0.3) is 11.8 Å². The van der Waals surface area contributed by atoms with E-state index in [4.69, 9.17) is 9.73 Å².